The van der Waals surface area contributed by atoms with Crippen LogP contribution in [0.25, 0.3) is 6.08 Å². The number of ether oxygens (including phenoxy) is 3. The number of methoxy groups -OCH3 is 2. The summed E-state index contributed by atoms with van der Waals surface area (Å²) in [5, 5.41) is 0.711. The summed E-state index contributed by atoms with van der Waals surface area (Å²) < 4.78 is 16.3. The number of benzene rings is 2. The smallest absolute Gasteiger partial charge is 0.266 e. The number of amides is 1. The fourth-order valence-corrected chi connectivity index (χ4v) is 4.99. The van der Waals surface area contributed by atoms with Gasteiger partial charge in [0, 0.05) is 26.2 Å². The zero-order chi connectivity index (χ0) is 23.9. The molecule has 2 aliphatic heterocycles. The second-order valence-electron chi connectivity index (χ2n) is 8.17. The highest BCUT2D eigenvalue weighted by Gasteiger charge is 2.33. The lowest BCUT2D eigenvalue weighted by atomic mass is 10.1. The Morgan fingerprint density at radius 3 is 2.47 bits per heavy atom. The van der Waals surface area contributed by atoms with Crippen molar-refractivity contribution in [2.75, 3.05) is 53.6 Å². The fourth-order valence-electron chi connectivity index (χ4n) is 3.97. The average Bonchev–Trinajstić information content (AvgIpc) is 3.15. The predicted octanol–water partition coefficient (Wildman–Crippen LogP) is 4.34. The second-order valence-corrected chi connectivity index (χ2v) is 9.18. The number of rotatable bonds is 8. The quantitative estimate of drug-likeness (QED) is 0.523. The highest BCUT2D eigenvalue weighted by Crippen LogP contribution is 2.37. The van der Waals surface area contributed by atoms with Crippen LogP contribution >= 0.6 is 11.8 Å². The summed E-state index contributed by atoms with van der Waals surface area (Å²) in [6.07, 6.45) is 2.80. The highest BCUT2D eigenvalue weighted by atomic mass is 32.2. The van der Waals surface area contributed by atoms with Crippen molar-refractivity contribution >= 4 is 34.6 Å². The van der Waals surface area contributed by atoms with Crippen LogP contribution in [-0.4, -0.2) is 74.5 Å². The molecule has 8 heteroatoms. The predicted molar refractivity (Wildman–Crippen MR) is 137 cm³/mol. The number of aryl methyl sites for hydroxylation is 1. The van der Waals surface area contributed by atoms with Crippen LogP contribution in [0, 0.1) is 6.92 Å². The van der Waals surface area contributed by atoms with Gasteiger partial charge in [-0.3, -0.25) is 14.6 Å². The van der Waals surface area contributed by atoms with E-state index in [0.717, 1.165) is 56.1 Å². The molecule has 0 saturated carbocycles. The van der Waals surface area contributed by atoms with Crippen molar-refractivity contribution in [2.24, 2.45) is 4.99 Å². The highest BCUT2D eigenvalue weighted by molar-refractivity contribution is 8.18. The van der Waals surface area contributed by atoms with Gasteiger partial charge in [-0.25, -0.2) is 4.99 Å². The van der Waals surface area contributed by atoms with Gasteiger partial charge in [0.25, 0.3) is 5.91 Å². The zero-order valence-electron chi connectivity index (χ0n) is 20.0. The van der Waals surface area contributed by atoms with Crippen LogP contribution in [0.5, 0.6) is 11.5 Å². The number of morpholine rings is 1. The Kier molecular flexibility index (Phi) is 8.26. The van der Waals surface area contributed by atoms with E-state index < -0.39 is 0 Å². The van der Waals surface area contributed by atoms with Crippen molar-refractivity contribution in [1.82, 2.24) is 9.80 Å². The molecule has 2 fully saturated rings. The summed E-state index contributed by atoms with van der Waals surface area (Å²) in [4.78, 5) is 23.1. The maximum absolute atomic E-state index is 13.4. The molecule has 2 heterocycles. The van der Waals surface area contributed by atoms with Crippen molar-refractivity contribution in [3.63, 3.8) is 0 Å². The van der Waals surface area contributed by atoms with Gasteiger partial charge in [-0.1, -0.05) is 18.2 Å². The van der Waals surface area contributed by atoms with Crippen LogP contribution in [-0.2, 0) is 9.53 Å². The third kappa shape index (κ3) is 5.81. The molecule has 4 rings (SSSR count). The molecule has 7 nitrogen and oxygen atoms in total. The van der Waals surface area contributed by atoms with Gasteiger partial charge < -0.3 is 14.2 Å². The first-order chi connectivity index (χ1) is 16.6. The summed E-state index contributed by atoms with van der Waals surface area (Å²) in [5.74, 6) is 1.29. The summed E-state index contributed by atoms with van der Waals surface area (Å²) in [7, 11) is 3.23. The Hall–Kier alpha value is -2.81. The Balaban J connectivity index is 1.58. The summed E-state index contributed by atoms with van der Waals surface area (Å²) in [5.41, 5.74) is 2.76. The van der Waals surface area contributed by atoms with Crippen molar-refractivity contribution in [3.8, 4) is 11.5 Å². The van der Waals surface area contributed by atoms with Gasteiger partial charge in [0.1, 0.15) is 0 Å². The van der Waals surface area contributed by atoms with Crippen molar-refractivity contribution < 1.29 is 19.0 Å². The topological polar surface area (TPSA) is 63.6 Å². The first-order valence-electron chi connectivity index (χ1n) is 11.5. The minimum absolute atomic E-state index is 0.0177. The molecule has 0 unspecified atom stereocenters. The molecule has 0 aromatic heterocycles. The fraction of sp³-hybridized carbons (Fsp3) is 0.385. The first kappa shape index (κ1) is 24.3. The lowest BCUT2D eigenvalue weighted by molar-refractivity contribution is -0.122. The van der Waals surface area contributed by atoms with E-state index in [1.165, 1.54) is 11.8 Å². The zero-order valence-corrected chi connectivity index (χ0v) is 20.8. The molecule has 2 aromatic rings. The molecule has 0 aliphatic carbocycles. The molecule has 1 amide bonds. The number of amidine groups is 1. The SMILES string of the molecule is COc1cc(C)c(C=C2SC(=Nc3ccccc3)N(CCCN3CCOCC3)C2=O)cc1OC. The summed E-state index contributed by atoms with van der Waals surface area (Å²) in [6, 6.07) is 13.6. The van der Waals surface area contributed by atoms with Crippen molar-refractivity contribution in [1.29, 1.82) is 0 Å². The molecule has 180 valence electrons. The maximum Gasteiger partial charge on any atom is 0.266 e. The number of carbonyl (C=O) groups is 1. The molecule has 34 heavy (non-hydrogen) atoms. The number of thioether (sulfide) groups is 1. The Labute approximate surface area is 205 Å². The Morgan fingerprint density at radius 2 is 1.76 bits per heavy atom. The van der Waals surface area contributed by atoms with Crippen LogP contribution < -0.4 is 9.47 Å². The van der Waals surface area contributed by atoms with E-state index in [0.29, 0.717) is 28.1 Å². The monoisotopic (exact) mass is 481 g/mol. The summed E-state index contributed by atoms with van der Waals surface area (Å²) in [6.45, 7) is 6.99. The molecule has 2 aromatic carbocycles. The number of hydrogen-bond donors (Lipinski definition) is 0. The maximum atomic E-state index is 13.4. The third-order valence-electron chi connectivity index (χ3n) is 5.89. The minimum Gasteiger partial charge on any atom is -0.493 e. The molecule has 0 spiro atoms. The third-order valence-corrected chi connectivity index (χ3v) is 6.89. The van der Waals surface area contributed by atoms with Gasteiger partial charge >= 0.3 is 0 Å². The molecule has 0 N–H and O–H groups in total. The molecular weight excluding hydrogens is 450 g/mol. The van der Waals surface area contributed by atoms with E-state index in [1.54, 1.807) is 19.1 Å². The number of nitrogens with zero attached hydrogens (tertiary/aromatic N) is 3. The normalized spacial score (nSPS) is 19.3. The lowest BCUT2D eigenvalue weighted by Gasteiger charge is -2.27. The Bertz CT molecular complexity index is 1070. The van der Waals surface area contributed by atoms with Gasteiger partial charge in [-0.05, 0) is 66.6 Å². The lowest BCUT2D eigenvalue weighted by Crippen LogP contribution is -2.38. The van der Waals surface area contributed by atoms with E-state index in [1.807, 2.05) is 55.5 Å². The van der Waals surface area contributed by atoms with E-state index >= 15 is 0 Å². The molecule has 0 bridgehead atoms. The van der Waals surface area contributed by atoms with Gasteiger partial charge in [0.05, 0.1) is 38.0 Å². The van der Waals surface area contributed by atoms with Gasteiger partial charge in [0.2, 0.25) is 0 Å². The van der Waals surface area contributed by atoms with Crippen molar-refractivity contribution in [2.45, 2.75) is 13.3 Å². The number of aliphatic imine (C=N–C) groups is 1. The molecule has 2 saturated heterocycles. The first-order valence-corrected chi connectivity index (χ1v) is 12.3. The molecule has 2 aliphatic rings. The number of carbonyl (C=O) groups excluding carboxylic acids is 1. The van der Waals surface area contributed by atoms with Crippen LogP contribution in [0.3, 0.4) is 0 Å². The van der Waals surface area contributed by atoms with E-state index in [4.69, 9.17) is 19.2 Å². The van der Waals surface area contributed by atoms with E-state index in [-0.39, 0.29) is 5.91 Å². The van der Waals surface area contributed by atoms with Gasteiger partial charge in [0.15, 0.2) is 16.7 Å². The molecule has 0 radical (unpaired) electrons. The molecular formula is C26H31N3O4S. The van der Waals surface area contributed by atoms with Crippen LogP contribution in [0.4, 0.5) is 5.69 Å². The van der Waals surface area contributed by atoms with Crippen LogP contribution in [0.2, 0.25) is 0 Å². The standard InChI is InChI=1S/C26H31N3O4S/c1-19-16-22(31-2)23(32-3)17-20(19)18-24-25(30)29(11-7-10-28-12-14-33-15-13-28)26(34-24)27-21-8-5-4-6-9-21/h4-6,8-9,16-18H,7,10-15H2,1-3H3. The second kappa shape index (κ2) is 11.6. The van der Waals surface area contributed by atoms with E-state index in [2.05, 4.69) is 4.90 Å². The number of para-hydroxylation sites is 1. The Morgan fingerprint density at radius 1 is 1.06 bits per heavy atom. The van der Waals surface area contributed by atoms with Crippen LogP contribution in [0.15, 0.2) is 52.4 Å². The van der Waals surface area contributed by atoms with Gasteiger partial charge in [-0.2, -0.15) is 0 Å². The average molecular weight is 482 g/mol. The van der Waals surface area contributed by atoms with E-state index in [9.17, 15) is 4.79 Å². The summed E-state index contributed by atoms with van der Waals surface area (Å²) >= 11 is 1.42. The minimum atomic E-state index is -0.0177. The molecule has 0 atom stereocenters. The van der Waals surface area contributed by atoms with Crippen LogP contribution in [0.1, 0.15) is 17.5 Å². The number of hydrogen-bond acceptors (Lipinski definition) is 7. The van der Waals surface area contributed by atoms with Gasteiger partial charge in [-0.15, -0.1) is 0 Å². The van der Waals surface area contributed by atoms with Crippen molar-refractivity contribution in [3.05, 3.63) is 58.5 Å². The largest absolute Gasteiger partial charge is 0.493 e.